The minimum atomic E-state index is 0.342. The number of hydrogen-bond donors (Lipinski definition) is 0. The van der Waals surface area contributed by atoms with Crippen LogP contribution in [0.15, 0.2) is 0 Å². The van der Waals surface area contributed by atoms with Gasteiger partial charge in [-0.25, -0.2) is 0 Å². The van der Waals surface area contributed by atoms with E-state index in [4.69, 9.17) is 0 Å². The summed E-state index contributed by atoms with van der Waals surface area (Å²) in [6.45, 7) is 13.2. The van der Waals surface area contributed by atoms with Gasteiger partial charge in [-0.05, 0) is 40.5 Å². The van der Waals surface area contributed by atoms with Crippen molar-refractivity contribution in [2.75, 3.05) is 19.6 Å². The Hall–Kier alpha value is -0.0800. The molecule has 2 fully saturated rings. The molecular formula is C12H24N2. The Bertz CT molecular complexity index is 203. The van der Waals surface area contributed by atoms with E-state index < -0.39 is 0 Å². The summed E-state index contributed by atoms with van der Waals surface area (Å²) >= 11 is 0. The van der Waals surface area contributed by atoms with Crippen molar-refractivity contribution in [2.24, 2.45) is 0 Å². The molecule has 1 saturated heterocycles. The molecule has 1 aliphatic heterocycles. The van der Waals surface area contributed by atoms with E-state index in [2.05, 4.69) is 37.5 Å². The van der Waals surface area contributed by atoms with Gasteiger partial charge in [0.25, 0.3) is 0 Å². The van der Waals surface area contributed by atoms with Crippen LogP contribution in [0.3, 0.4) is 0 Å². The molecule has 0 aromatic heterocycles. The molecule has 0 spiro atoms. The number of rotatable bonds is 1. The molecule has 14 heavy (non-hydrogen) atoms. The van der Waals surface area contributed by atoms with Gasteiger partial charge >= 0.3 is 0 Å². The van der Waals surface area contributed by atoms with Crippen LogP contribution in [0.1, 0.15) is 40.5 Å². The van der Waals surface area contributed by atoms with Crippen molar-refractivity contribution in [2.45, 2.75) is 58.2 Å². The number of piperazine rings is 1. The molecule has 0 N–H and O–H groups in total. The fourth-order valence-electron chi connectivity index (χ4n) is 2.75. The third-order valence-corrected chi connectivity index (χ3v) is 3.58. The summed E-state index contributed by atoms with van der Waals surface area (Å²) in [4.78, 5) is 5.33. The van der Waals surface area contributed by atoms with Gasteiger partial charge in [-0.15, -0.1) is 0 Å². The van der Waals surface area contributed by atoms with Gasteiger partial charge < -0.3 is 0 Å². The molecule has 2 rings (SSSR count). The van der Waals surface area contributed by atoms with Gasteiger partial charge in [0, 0.05) is 37.3 Å². The lowest BCUT2D eigenvalue weighted by atomic mass is 10.0. The maximum atomic E-state index is 2.69. The van der Waals surface area contributed by atoms with Crippen LogP contribution in [0.25, 0.3) is 0 Å². The first-order valence-corrected chi connectivity index (χ1v) is 5.99. The van der Waals surface area contributed by atoms with E-state index in [-0.39, 0.29) is 0 Å². The molecule has 0 amide bonds. The summed E-state index contributed by atoms with van der Waals surface area (Å²) in [7, 11) is 0. The second-order valence-corrected chi connectivity index (χ2v) is 5.94. The van der Waals surface area contributed by atoms with Gasteiger partial charge in [0.05, 0.1) is 0 Å². The highest BCUT2D eigenvalue weighted by Crippen LogP contribution is 2.30. The third-order valence-electron chi connectivity index (χ3n) is 3.58. The monoisotopic (exact) mass is 196 g/mol. The largest absolute Gasteiger partial charge is 0.298 e. The highest BCUT2D eigenvalue weighted by atomic mass is 15.3. The number of nitrogens with zero attached hydrogens (tertiary/aromatic N) is 2. The molecule has 2 heteroatoms. The van der Waals surface area contributed by atoms with Crippen molar-refractivity contribution in [3.8, 4) is 0 Å². The first kappa shape index (κ1) is 10.4. The first-order valence-electron chi connectivity index (χ1n) is 5.99. The van der Waals surface area contributed by atoms with Crippen molar-refractivity contribution in [3.63, 3.8) is 0 Å². The highest BCUT2D eigenvalue weighted by molar-refractivity contribution is 4.93. The Morgan fingerprint density at radius 3 is 2.14 bits per heavy atom. The maximum Gasteiger partial charge on any atom is 0.0200 e. The minimum Gasteiger partial charge on any atom is -0.298 e. The molecule has 1 heterocycles. The van der Waals surface area contributed by atoms with Gasteiger partial charge in [-0.3, -0.25) is 9.80 Å². The minimum absolute atomic E-state index is 0.342. The Kier molecular flexibility index (Phi) is 2.61. The Labute approximate surface area is 88.3 Å². The Balaban J connectivity index is 1.92. The van der Waals surface area contributed by atoms with Crippen molar-refractivity contribution >= 4 is 0 Å². The second kappa shape index (κ2) is 3.49. The zero-order chi connectivity index (χ0) is 10.3. The van der Waals surface area contributed by atoms with E-state index in [1.807, 2.05) is 0 Å². The topological polar surface area (TPSA) is 6.48 Å². The zero-order valence-corrected chi connectivity index (χ0v) is 10.1. The standard InChI is InChI=1S/C12H24N2/c1-10-9-13(11-5-6-11)7-8-14(10)12(2,3)4/h10-11H,5-9H2,1-4H3. The van der Waals surface area contributed by atoms with Gasteiger partial charge in [0.15, 0.2) is 0 Å². The zero-order valence-electron chi connectivity index (χ0n) is 10.1. The summed E-state index contributed by atoms with van der Waals surface area (Å²) in [5.41, 5.74) is 0.342. The Morgan fingerprint density at radius 1 is 1.07 bits per heavy atom. The lowest BCUT2D eigenvalue weighted by Gasteiger charge is -2.47. The highest BCUT2D eigenvalue weighted by Gasteiger charge is 2.36. The van der Waals surface area contributed by atoms with Crippen LogP contribution < -0.4 is 0 Å². The average Bonchev–Trinajstić information content (AvgIpc) is 2.83. The predicted molar refractivity (Wildman–Crippen MR) is 60.5 cm³/mol. The molecule has 1 aliphatic carbocycles. The maximum absolute atomic E-state index is 2.69. The van der Waals surface area contributed by atoms with Crippen molar-refractivity contribution < 1.29 is 0 Å². The van der Waals surface area contributed by atoms with Crippen molar-refractivity contribution in [1.82, 2.24) is 9.80 Å². The van der Waals surface area contributed by atoms with E-state index >= 15 is 0 Å². The van der Waals surface area contributed by atoms with Crippen LogP contribution >= 0.6 is 0 Å². The van der Waals surface area contributed by atoms with Gasteiger partial charge in [0.2, 0.25) is 0 Å². The van der Waals surface area contributed by atoms with E-state index in [9.17, 15) is 0 Å². The third kappa shape index (κ3) is 2.12. The van der Waals surface area contributed by atoms with Crippen LogP contribution in [0.2, 0.25) is 0 Å². The van der Waals surface area contributed by atoms with Crippen LogP contribution in [-0.4, -0.2) is 47.1 Å². The molecule has 0 radical (unpaired) electrons. The lowest BCUT2D eigenvalue weighted by molar-refractivity contribution is 0.0150. The van der Waals surface area contributed by atoms with Crippen LogP contribution in [0.5, 0.6) is 0 Å². The molecule has 1 saturated carbocycles. The van der Waals surface area contributed by atoms with E-state index in [1.54, 1.807) is 0 Å². The molecule has 0 bridgehead atoms. The van der Waals surface area contributed by atoms with Crippen molar-refractivity contribution in [1.29, 1.82) is 0 Å². The molecule has 0 aromatic carbocycles. The van der Waals surface area contributed by atoms with E-state index in [0.29, 0.717) is 5.54 Å². The molecular weight excluding hydrogens is 172 g/mol. The molecule has 2 nitrogen and oxygen atoms in total. The summed E-state index contributed by atoms with van der Waals surface area (Å²) in [6, 6.07) is 1.67. The van der Waals surface area contributed by atoms with Gasteiger partial charge in [-0.1, -0.05) is 0 Å². The fraction of sp³-hybridized carbons (Fsp3) is 1.00. The summed E-state index contributed by atoms with van der Waals surface area (Å²) in [5, 5.41) is 0. The summed E-state index contributed by atoms with van der Waals surface area (Å²) in [6.07, 6.45) is 2.89. The molecule has 82 valence electrons. The summed E-state index contributed by atoms with van der Waals surface area (Å²) in [5.74, 6) is 0. The van der Waals surface area contributed by atoms with Crippen LogP contribution in [0, 0.1) is 0 Å². The SMILES string of the molecule is CC1CN(C2CC2)CCN1C(C)(C)C. The quantitative estimate of drug-likeness (QED) is 0.632. The summed E-state index contributed by atoms with van der Waals surface area (Å²) < 4.78 is 0. The molecule has 1 unspecified atom stereocenters. The molecule has 2 aliphatic rings. The smallest absolute Gasteiger partial charge is 0.0200 e. The first-order chi connectivity index (χ1) is 6.48. The molecule has 1 atom stereocenters. The van der Waals surface area contributed by atoms with Gasteiger partial charge in [-0.2, -0.15) is 0 Å². The van der Waals surface area contributed by atoms with Crippen LogP contribution in [-0.2, 0) is 0 Å². The second-order valence-electron chi connectivity index (χ2n) is 5.94. The normalized spacial score (nSPS) is 32.1. The van der Waals surface area contributed by atoms with E-state index in [0.717, 1.165) is 12.1 Å². The average molecular weight is 196 g/mol. The molecule has 0 aromatic rings. The number of hydrogen-bond acceptors (Lipinski definition) is 2. The van der Waals surface area contributed by atoms with Crippen molar-refractivity contribution in [3.05, 3.63) is 0 Å². The lowest BCUT2D eigenvalue weighted by Crippen LogP contribution is -2.58. The fourth-order valence-corrected chi connectivity index (χ4v) is 2.75. The Morgan fingerprint density at radius 2 is 1.71 bits per heavy atom. The van der Waals surface area contributed by atoms with Gasteiger partial charge in [0.1, 0.15) is 0 Å². The predicted octanol–water partition coefficient (Wildman–Crippen LogP) is 1.95. The van der Waals surface area contributed by atoms with E-state index in [1.165, 1.54) is 32.5 Å². The van der Waals surface area contributed by atoms with Crippen LogP contribution in [0.4, 0.5) is 0 Å².